The van der Waals surface area contributed by atoms with Gasteiger partial charge in [-0.05, 0) is 0 Å². The van der Waals surface area contributed by atoms with Gasteiger partial charge in [0, 0.05) is 0 Å². The van der Waals surface area contributed by atoms with Crippen molar-refractivity contribution in [2.75, 3.05) is 6.80 Å². The molecule has 0 aromatic rings. The predicted octanol–water partition coefficient (Wildman–Crippen LogP) is -0.971. The van der Waals surface area contributed by atoms with E-state index in [9.17, 15) is 12.8 Å². The van der Waals surface area contributed by atoms with Crippen molar-refractivity contribution in [3.05, 3.63) is 0 Å². The first-order chi connectivity index (χ1) is 2.77. The van der Waals surface area contributed by atoms with Crippen molar-refractivity contribution in [1.29, 1.82) is 0 Å². The van der Waals surface area contributed by atoms with Crippen molar-refractivity contribution in [3.63, 3.8) is 0 Å². The highest BCUT2D eigenvalue weighted by Gasteiger charge is 1.73. The minimum absolute atomic E-state index is 1.02. The molecule has 0 heterocycles. The van der Waals surface area contributed by atoms with Crippen molar-refractivity contribution < 1.29 is 12.8 Å². The van der Waals surface area contributed by atoms with Gasteiger partial charge in [-0.15, -0.1) is 0 Å². The van der Waals surface area contributed by atoms with E-state index in [0.717, 1.165) is 0 Å². The second-order valence-electron chi connectivity index (χ2n) is 0.549. The largest absolute Gasteiger partial charge is 0.233 e. The summed E-state index contributed by atoms with van der Waals surface area (Å²) in [6.07, 6.45) is 0. The van der Waals surface area contributed by atoms with Gasteiger partial charge in [0.05, 0.1) is 0 Å². The van der Waals surface area contributed by atoms with Gasteiger partial charge in [0.15, 0.2) is 6.80 Å². The zero-order chi connectivity index (χ0) is 4.99. The molecule has 0 aromatic heterocycles. The lowest BCUT2D eigenvalue weighted by Gasteiger charge is -1.75. The third-order valence-electron chi connectivity index (χ3n) is 0.189. The predicted molar refractivity (Wildman–Crippen MR) is 19.4 cm³/mol. The van der Waals surface area contributed by atoms with Gasteiger partial charge >= 0.3 is 0 Å². The highest BCUT2D eigenvalue weighted by atomic mass is 32.2. The molecule has 5 heteroatoms. The third-order valence-corrected chi connectivity index (χ3v) is 0.567. The maximum atomic E-state index is 10.7. The van der Waals surface area contributed by atoms with E-state index in [1.807, 2.05) is 0 Å². The summed E-state index contributed by atoms with van der Waals surface area (Å²) in [5.74, 6) is 0. The number of hydrogen-bond acceptors (Lipinski definition) is 2. The summed E-state index contributed by atoms with van der Waals surface area (Å²) >= 11 is 0. The molecule has 38 valence electrons. The Hall–Kier alpha value is -0.160. The van der Waals surface area contributed by atoms with Crippen LogP contribution in [0.3, 0.4) is 0 Å². The summed E-state index contributed by atoms with van der Waals surface area (Å²) in [5, 5.41) is 0. The number of alkyl halides is 1. The summed E-state index contributed by atoms with van der Waals surface area (Å²) in [5.41, 5.74) is 0. The Labute approximate surface area is 36.2 Å². The molecule has 0 fully saturated rings. The minimum atomic E-state index is -2.73. The second kappa shape index (κ2) is 3.05. The molecule has 0 aromatic carbocycles. The summed E-state index contributed by atoms with van der Waals surface area (Å²) in [6, 6.07) is 0. The lowest BCUT2D eigenvalue weighted by Crippen LogP contribution is -2.07. The van der Waals surface area contributed by atoms with E-state index in [2.05, 4.69) is 0 Å². The summed E-state index contributed by atoms with van der Waals surface area (Å²) in [6.45, 7) is -1.02. The van der Waals surface area contributed by atoms with Crippen LogP contribution in [-0.4, -0.2) is 15.2 Å². The fourth-order valence-electron chi connectivity index (χ4n) is 0.0488. The van der Waals surface area contributed by atoms with Gasteiger partial charge in [-0.25, -0.2) is 12.8 Å². The third kappa shape index (κ3) is 3.84. The molecule has 6 heavy (non-hydrogen) atoms. The number of nitrogens with one attached hydrogen (secondary N) is 1. The molecule has 0 radical (unpaired) electrons. The molecular weight excluding hydrogens is 109 g/mol. The molecule has 0 aliphatic heterocycles. The summed E-state index contributed by atoms with van der Waals surface area (Å²) in [4.78, 5) is 0. The average molecular weight is 113 g/mol. The van der Waals surface area contributed by atoms with E-state index in [1.165, 1.54) is 4.72 Å². The number of thiol groups is 1. The minimum Gasteiger partial charge on any atom is -0.233 e. The Morgan fingerprint density at radius 3 is 2.17 bits per heavy atom. The van der Waals surface area contributed by atoms with Gasteiger partial charge in [-0.3, -0.25) is 0 Å². The Morgan fingerprint density at radius 2 is 2.17 bits per heavy atom. The lowest BCUT2D eigenvalue weighted by molar-refractivity contribution is 0.475. The quantitative estimate of drug-likeness (QED) is 0.357. The smallest absolute Gasteiger partial charge is 0.203 e. The maximum Gasteiger partial charge on any atom is 0.203 e. The molecule has 0 aliphatic carbocycles. The summed E-state index contributed by atoms with van der Waals surface area (Å²) in [7, 11) is -2.73. The first-order valence-corrected chi connectivity index (χ1v) is 2.39. The molecule has 3 nitrogen and oxygen atoms in total. The first-order valence-electron chi connectivity index (χ1n) is 1.21. The highest BCUT2D eigenvalue weighted by Crippen LogP contribution is 1.53. The highest BCUT2D eigenvalue weighted by molar-refractivity contribution is 7.70. The number of halogens is 1. The Balaban J connectivity index is 3.07. The molecule has 0 atom stereocenters. The summed E-state index contributed by atoms with van der Waals surface area (Å²) < 4.78 is 30.8. The second-order valence-corrected chi connectivity index (χ2v) is 1.38. The van der Waals surface area contributed by atoms with Crippen molar-refractivity contribution >= 4 is 10.9 Å². The Kier molecular flexibility index (Phi) is 2.97. The van der Waals surface area contributed by atoms with Gasteiger partial charge in [0.2, 0.25) is 10.9 Å². The van der Waals surface area contributed by atoms with E-state index in [-0.39, 0.29) is 0 Å². The molecule has 0 spiro atoms. The zero-order valence-corrected chi connectivity index (χ0v) is 3.74. The van der Waals surface area contributed by atoms with E-state index < -0.39 is 17.7 Å². The molecule has 0 unspecified atom stereocenters. The molecular formula is CH4FNO2S. The van der Waals surface area contributed by atoms with Crippen LogP contribution in [-0.2, 0) is 10.9 Å². The molecule has 0 saturated heterocycles. The van der Waals surface area contributed by atoms with E-state index in [1.54, 1.807) is 0 Å². The van der Waals surface area contributed by atoms with Crippen molar-refractivity contribution in [1.82, 2.24) is 4.72 Å². The fraction of sp³-hybridized carbons (Fsp3) is 1.00. The van der Waals surface area contributed by atoms with Gasteiger partial charge < -0.3 is 0 Å². The Morgan fingerprint density at radius 1 is 1.67 bits per heavy atom. The van der Waals surface area contributed by atoms with Crippen LogP contribution < -0.4 is 4.72 Å². The molecule has 0 bridgehead atoms. The van der Waals surface area contributed by atoms with Crippen LogP contribution in [0.2, 0.25) is 0 Å². The van der Waals surface area contributed by atoms with Gasteiger partial charge in [-0.1, -0.05) is 0 Å². The standard InChI is InChI=1S/CH4FNO2S/c2-1-3-6(4)5/h6H,1H2,(H,3,4,5). The SMILES string of the molecule is O=[SH](=O)NCF. The van der Waals surface area contributed by atoms with Crippen LogP contribution in [0.1, 0.15) is 0 Å². The topological polar surface area (TPSA) is 46.2 Å². The van der Waals surface area contributed by atoms with Crippen LogP contribution in [0.5, 0.6) is 0 Å². The van der Waals surface area contributed by atoms with Crippen molar-refractivity contribution in [2.24, 2.45) is 0 Å². The zero-order valence-electron chi connectivity index (χ0n) is 2.85. The fourth-order valence-corrected chi connectivity index (χ4v) is 0.146. The molecule has 1 N–H and O–H groups in total. The molecule has 0 aliphatic rings. The van der Waals surface area contributed by atoms with Crippen molar-refractivity contribution in [3.8, 4) is 0 Å². The van der Waals surface area contributed by atoms with Crippen LogP contribution in [0.4, 0.5) is 4.39 Å². The van der Waals surface area contributed by atoms with Crippen molar-refractivity contribution in [2.45, 2.75) is 0 Å². The molecule has 0 saturated carbocycles. The van der Waals surface area contributed by atoms with Gasteiger partial charge in [-0.2, -0.15) is 4.72 Å². The first kappa shape index (κ1) is 5.84. The molecule has 0 rings (SSSR count). The van der Waals surface area contributed by atoms with Crippen LogP contribution >= 0.6 is 0 Å². The van der Waals surface area contributed by atoms with E-state index in [0.29, 0.717) is 0 Å². The van der Waals surface area contributed by atoms with Gasteiger partial charge in [0.25, 0.3) is 0 Å². The maximum absolute atomic E-state index is 10.7. The Bertz CT molecular complexity index is 81.5. The van der Waals surface area contributed by atoms with E-state index in [4.69, 9.17) is 0 Å². The lowest BCUT2D eigenvalue weighted by atomic mass is 11.5. The number of rotatable bonds is 2. The average Bonchev–Trinajstić information content (AvgIpc) is 1.35. The monoisotopic (exact) mass is 113 g/mol. The van der Waals surface area contributed by atoms with Crippen LogP contribution in [0.25, 0.3) is 0 Å². The van der Waals surface area contributed by atoms with Crippen LogP contribution in [0.15, 0.2) is 0 Å². The molecule has 0 amide bonds. The normalized spacial score (nSPS) is 9.67. The van der Waals surface area contributed by atoms with Gasteiger partial charge in [0.1, 0.15) is 0 Å². The van der Waals surface area contributed by atoms with Crippen LogP contribution in [0, 0.1) is 0 Å². The van der Waals surface area contributed by atoms with E-state index >= 15 is 0 Å². The number of hydrogen-bond donors (Lipinski definition) is 2.